The van der Waals surface area contributed by atoms with Crippen LogP contribution < -0.4 is 5.32 Å². The van der Waals surface area contributed by atoms with E-state index in [4.69, 9.17) is 14.2 Å². The van der Waals surface area contributed by atoms with Crippen molar-refractivity contribution >= 4 is 11.9 Å². The maximum absolute atomic E-state index is 13.3. The van der Waals surface area contributed by atoms with Gasteiger partial charge in [0, 0.05) is 6.42 Å². The Labute approximate surface area is 433 Å². The third-order valence-corrected chi connectivity index (χ3v) is 13.4. The third-order valence-electron chi connectivity index (χ3n) is 13.4. The highest BCUT2D eigenvalue weighted by atomic mass is 16.7. The Morgan fingerprint density at radius 1 is 0.549 bits per heavy atom. The van der Waals surface area contributed by atoms with E-state index >= 15 is 0 Å². The van der Waals surface area contributed by atoms with Crippen LogP contribution in [0.25, 0.3) is 0 Å². The number of nitrogens with one attached hydrogen (secondary N) is 1. The molecule has 1 amide bonds. The molecule has 71 heavy (non-hydrogen) atoms. The van der Waals surface area contributed by atoms with Crippen molar-refractivity contribution in [3.8, 4) is 0 Å². The lowest BCUT2D eigenvalue weighted by Gasteiger charge is -2.41. The molecule has 0 spiro atoms. The number of unbranched alkanes of at least 4 members (excludes halogenated alkanes) is 26. The zero-order chi connectivity index (χ0) is 51.8. The van der Waals surface area contributed by atoms with Crippen LogP contribution in [0, 0.1) is 0 Å². The zero-order valence-electron chi connectivity index (χ0n) is 45.3. The molecule has 0 aliphatic carbocycles. The molecule has 412 valence electrons. The van der Waals surface area contributed by atoms with Gasteiger partial charge in [0.05, 0.1) is 25.4 Å². The predicted molar refractivity (Wildman–Crippen MR) is 292 cm³/mol. The lowest BCUT2D eigenvalue weighted by molar-refractivity contribution is -0.305. The Morgan fingerprint density at radius 3 is 1.49 bits per heavy atom. The Hall–Kier alpha value is -2.64. The molecule has 1 heterocycles. The van der Waals surface area contributed by atoms with E-state index in [2.05, 4.69) is 74.7 Å². The molecular weight excluding hydrogens is 895 g/mol. The van der Waals surface area contributed by atoms with E-state index in [1.54, 1.807) is 6.08 Å². The second-order valence-electron chi connectivity index (χ2n) is 20.0. The molecule has 11 nitrogen and oxygen atoms in total. The third kappa shape index (κ3) is 36.9. The quantitative estimate of drug-likeness (QED) is 0.0196. The van der Waals surface area contributed by atoms with Gasteiger partial charge < -0.3 is 45.1 Å². The lowest BCUT2D eigenvalue weighted by Crippen LogP contribution is -2.61. The van der Waals surface area contributed by atoms with Crippen LogP contribution in [0.15, 0.2) is 60.8 Å². The summed E-state index contributed by atoms with van der Waals surface area (Å²) in [6.45, 7) is 5.71. The first-order chi connectivity index (χ1) is 34.7. The van der Waals surface area contributed by atoms with Crippen LogP contribution in [-0.4, -0.2) is 99.6 Å². The molecule has 0 aromatic carbocycles. The normalized spacial score (nSPS) is 20.0. The number of hydrogen-bond donors (Lipinski definition) is 6. The van der Waals surface area contributed by atoms with Crippen LogP contribution in [-0.2, 0) is 23.8 Å². The van der Waals surface area contributed by atoms with Crippen molar-refractivity contribution in [3.05, 3.63) is 60.8 Å². The maximum Gasteiger partial charge on any atom is 0.306 e. The van der Waals surface area contributed by atoms with Gasteiger partial charge in [-0.1, -0.05) is 210 Å². The second kappa shape index (κ2) is 48.3. The highest BCUT2D eigenvalue weighted by molar-refractivity contribution is 5.80. The first-order valence-corrected chi connectivity index (χ1v) is 29.1. The Balaban J connectivity index is 2.71. The fourth-order valence-corrected chi connectivity index (χ4v) is 8.71. The van der Waals surface area contributed by atoms with Gasteiger partial charge in [-0.15, -0.1) is 0 Å². The van der Waals surface area contributed by atoms with Crippen molar-refractivity contribution in [1.82, 2.24) is 5.32 Å². The monoisotopic (exact) mass is 1000 g/mol. The van der Waals surface area contributed by atoms with Gasteiger partial charge in [-0.2, -0.15) is 0 Å². The van der Waals surface area contributed by atoms with E-state index < -0.39 is 67.4 Å². The fraction of sp³-hybridized carbons (Fsp3) is 0.800. The summed E-state index contributed by atoms with van der Waals surface area (Å²) in [4.78, 5) is 26.4. The molecular formula is C60H107NO10. The summed E-state index contributed by atoms with van der Waals surface area (Å²) in [5.41, 5.74) is 0. The van der Waals surface area contributed by atoms with Crippen molar-refractivity contribution in [2.45, 2.75) is 294 Å². The number of hydrogen-bond acceptors (Lipinski definition) is 10. The number of amides is 1. The van der Waals surface area contributed by atoms with Crippen LogP contribution in [0.5, 0.6) is 0 Å². The number of esters is 1. The Bertz CT molecular complexity index is 1380. The van der Waals surface area contributed by atoms with E-state index in [-0.39, 0.29) is 19.4 Å². The van der Waals surface area contributed by atoms with Gasteiger partial charge >= 0.3 is 5.97 Å². The van der Waals surface area contributed by atoms with Crippen LogP contribution in [0.2, 0.25) is 0 Å². The molecule has 6 N–H and O–H groups in total. The zero-order valence-corrected chi connectivity index (χ0v) is 45.3. The summed E-state index contributed by atoms with van der Waals surface area (Å²) in [6.07, 6.45) is 48.4. The van der Waals surface area contributed by atoms with Gasteiger partial charge in [0.1, 0.15) is 24.4 Å². The molecule has 1 aliphatic heterocycles. The van der Waals surface area contributed by atoms with E-state index in [1.165, 1.54) is 109 Å². The smallest absolute Gasteiger partial charge is 0.306 e. The van der Waals surface area contributed by atoms with Crippen molar-refractivity contribution in [1.29, 1.82) is 0 Å². The van der Waals surface area contributed by atoms with Crippen LogP contribution in [0.1, 0.15) is 245 Å². The van der Waals surface area contributed by atoms with E-state index in [9.17, 15) is 35.1 Å². The molecule has 0 aromatic rings. The first kappa shape index (κ1) is 66.4. The molecule has 1 saturated heterocycles. The fourth-order valence-electron chi connectivity index (χ4n) is 8.71. The van der Waals surface area contributed by atoms with Gasteiger partial charge in [0.15, 0.2) is 12.4 Å². The average Bonchev–Trinajstić information content (AvgIpc) is 3.37. The molecule has 8 atom stereocenters. The lowest BCUT2D eigenvalue weighted by atomic mass is 9.99. The number of rotatable bonds is 48. The highest BCUT2D eigenvalue weighted by Gasteiger charge is 2.47. The Morgan fingerprint density at radius 2 is 0.972 bits per heavy atom. The number of carbonyl (C=O) groups is 2. The number of aliphatic hydroxyl groups is 5. The van der Waals surface area contributed by atoms with Crippen molar-refractivity contribution in [2.75, 3.05) is 13.2 Å². The van der Waals surface area contributed by atoms with Crippen LogP contribution >= 0.6 is 0 Å². The molecule has 1 rings (SSSR count). The van der Waals surface area contributed by atoms with Gasteiger partial charge in [-0.3, -0.25) is 9.59 Å². The summed E-state index contributed by atoms with van der Waals surface area (Å²) >= 11 is 0. The number of ether oxygens (including phenoxy) is 3. The standard InChI is InChI=1S/C60H107NO10/c1-4-7-10-13-16-19-22-24-25-26-27-28-29-30-33-36-39-42-45-48-55(65)71-58-57(67)56(66)54(49-62)70-60(58)69-50-51(52(63)46-43-40-37-34-31-21-18-15-12-9-6-3)61-59(68)53(64)47-44-41-38-35-32-23-20-17-14-11-8-5-2/h16,19,24-25,27-28,32,35,43,46,51-54,56-58,60,62-64,66-67H,4-15,17-18,20-23,26,29-31,33-34,36-42,44-45,47-50H2,1-3H3,(H,61,68)/b19-16-,25-24-,28-27-,35-32-,46-43+. The summed E-state index contributed by atoms with van der Waals surface area (Å²) in [6, 6.07) is -1.03. The summed E-state index contributed by atoms with van der Waals surface area (Å²) in [7, 11) is 0. The van der Waals surface area contributed by atoms with Crippen LogP contribution in [0.4, 0.5) is 0 Å². The maximum atomic E-state index is 13.3. The number of aliphatic hydroxyl groups excluding tert-OH is 5. The minimum Gasteiger partial charge on any atom is -0.454 e. The van der Waals surface area contributed by atoms with E-state index in [0.29, 0.717) is 12.8 Å². The molecule has 0 saturated carbocycles. The largest absolute Gasteiger partial charge is 0.454 e. The minimum absolute atomic E-state index is 0.106. The number of carbonyl (C=O) groups excluding carboxylic acids is 2. The average molecular weight is 1000 g/mol. The van der Waals surface area contributed by atoms with E-state index in [1.807, 2.05) is 6.08 Å². The predicted octanol–water partition coefficient (Wildman–Crippen LogP) is 13.1. The minimum atomic E-state index is -1.62. The molecule has 11 heteroatoms. The van der Waals surface area contributed by atoms with Crippen molar-refractivity contribution < 1.29 is 49.3 Å². The summed E-state index contributed by atoms with van der Waals surface area (Å²) in [5.74, 6) is -1.23. The molecule has 8 unspecified atom stereocenters. The molecule has 0 bridgehead atoms. The number of allylic oxidation sites excluding steroid dienone is 9. The van der Waals surface area contributed by atoms with Crippen molar-refractivity contribution in [3.63, 3.8) is 0 Å². The topological polar surface area (TPSA) is 175 Å². The van der Waals surface area contributed by atoms with Gasteiger partial charge in [0.25, 0.3) is 0 Å². The van der Waals surface area contributed by atoms with Gasteiger partial charge in [-0.25, -0.2) is 0 Å². The van der Waals surface area contributed by atoms with Gasteiger partial charge in [-0.05, 0) is 89.9 Å². The Kier molecular flexibility index (Phi) is 45.2. The van der Waals surface area contributed by atoms with Crippen LogP contribution in [0.3, 0.4) is 0 Å². The SMILES string of the molecule is CCCCC/C=C\C/C=C\C/C=C\CCCCCCCCC(=O)OC1C(OCC(NC(=O)C(O)CCCC/C=C\CCCCCCCC)C(O)/C=C/CCCCCCCCCCC)OC(CO)C(O)C1O. The van der Waals surface area contributed by atoms with Gasteiger partial charge in [0.2, 0.25) is 5.91 Å². The summed E-state index contributed by atoms with van der Waals surface area (Å²) in [5, 5.41) is 56.7. The highest BCUT2D eigenvalue weighted by Crippen LogP contribution is 2.26. The van der Waals surface area contributed by atoms with E-state index in [0.717, 1.165) is 89.9 Å². The van der Waals surface area contributed by atoms with Crippen molar-refractivity contribution in [2.24, 2.45) is 0 Å². The molecule has 1 fully saturated rings. The molecule has 0 aromatic heterocycles. The summed E-state index contributed by atoms with van der Waals surface area (Å²) < 4.78 is 17.5. The molecule has 0 radical (unpaired) electrons. The first-order valence-electron chi connectivity index (χ1n) is 29.1. The molecule has 1 aliphatic rings. The second-order valence-corrected chi connectivity index (χ2v) is 20.0.